The third kappa shape index (κ3) is 2.55. The molecule has 0 aromatic heterocycles. The van der Waals surface area contributed by atoms with Crippen molar-refractivity contribution in [1.29, 1.82) is 0 Å². The van der Waals surface area contributed by atoms with Gasteiger partial charge in [-0.2, -0.15) is 4.31 Å². The molecule has 1 saturated heterocycles. The highest BCUT2D eigenvalue weighted by molar-refractivity contribution is 7.89. The van der Waals surface area contributed by atoms with Gasteiger partial charge in [0.15, 0.2) is 0 Å². The van der Waals surface area contributed by atoms with E-state index in [9.17, 15) is 12.8 Å². The summed E-state index contributed by atoms with van der Waals surface area (Å²) in [4.78, 5) is 0.159. The van der Waals surface area contributed by atoms with Crippen LogP contribution in [0.4, 0.5) is 4.39 Å². The summed E-state index contributed by atoms with van der Waals surface area (Å²) in [6, 6.07) is 4.98. The molecule has 4 nitrogen and oxygen atoms in total. The summed E-state index contributed by atoms with van der Waals surface area (Å²) in [6.45, 7) is 1.17. The predicted octanol–water partition coefficient (Wildman–Crippen LogP) is 1.20. The maximum Gasteiger partial charge on any atom is 0.243 e. The molecule has 18 heavy (non-hydrogen) atoms. The van der Waals surface area contributed by atoms with Crippen molar-refractivity contribution in [3.63, 3.8) is 0 Å². The molecule has 1 aromatic carbocycles. The van der Waals surface area contributed by atoms with E-state index in [4.69, 9.17) is 0 Å². The Labute approximate surface area is 107 Å². The molecular weight excluding hydrogens is 255 g/mol. The average Bonchev–Trinajstić information content (AvgIpc) is 2.79. The third-order valence-electron chi connectivity index (χ3n) is 3.18. The minimum absolute atomic E-state index is 0.00921. The van der Waals surface area contributed by atoms with Crippen molar-refractivity contribution in [2.24, 2.45) is 0 Å². The summed E-state index contributed by atoms with van der Waals surface area (Å²) in [5, 5.41) is 3.01. The van der Waals surface area contributed by atoms with Gasteiger partial charge in [-0.3, -0.25) is 0 Å². The lowest BCUT2D eigenvalue weighted by Crippen LogP contribution is -2.40. The largest absolute Gasteiger partial charge is 0.318 e. The summed E-state index contributed by atoms with van der Waals surface area (Å²) >= 11 is 0. The SMILES string of the molecule is CNCC1CCCN1S(=O)(=O)c1ccc(F)cc1. The molecule has 0 bridgehead atoms. The molecule has 0 amide bonds. The lowest BCUT2D eigenvalue weighted by atomic mass is 10.2. The summed E-state index contributed by atoms with van der Waals surface area (Å²) in [5.74, 6) is -0.429. The second-order valence-electron chi connectivity index (χ2n) is 4.42. The van der Waals surface area contributed by atoms with Crippen LogP contribution >= 0.6 is 0 Å². The fourth-order valence-electron chi connectivity index (χ4n) is 2.31. The zero-order valence-corrected chi connectivity index (χ0v) is 11.1. The van der Waals surface area contributed by atoms with E-state index in [2.05, 4.69) is 5.32 Å². The Kier molecular flexibility index (Phi) is 3.99. The Morgan fingerprint density at radius 2 is 2.06 bits per heavy atom. The molecule has 1 aliphatic rings. The third-order valence-corrected chi connectivity index (χ3v) is 5.15. The van der Waals surface area contributed by atoms with E-state index >= 15 is 0 Å². The lowest BCUT2D eigenvalue weighted by Gasteiger charge is -2.23. The molecule has 1 aliphatic heterocycles. The molecule has 1 atom stereocenters. The van der Waals surface area contributed by atoms with Crippen molar-refractivity contribution >= 4 is 10.0 Å². The van der Waals surface area contributed by atoms with Crippen LogP contribution in [-0.2, 0) is 10.0 Å². The Hall–Kier alpha value is -0.980. The zero-order chi connectivity index (χ0) is 13.2. The first-order valence-corrected chi connectivity index (χ1v) is 7.41. The van der Waals surface area contributed by atoms with Crippen LogP contribution in [-0.4, -0.2) is 38.9 Å². The van der Waals surface area contributed by atoms with Crippen LogP contribution in [0.25, 0.3) is 0 Å². The fourth-order valence-corrected chi connectivity index (χ4v) is 4.00. The Morgan fingerprint density at radius 1 is 1.39 bits per heavy atom. The van der Waals surface area contributed by atoms with E-state index in [0.717, 1.165) is 12.8 Å². The highest BCUT2D eigenvalue weighted by Gasteiger charge is 2.34. The number of nitrogens with one attached hydrogen (secondary N) is 1. The second-order valence-corrected chi connectivity index (χ2v) is 6.31. The number of hydrogen-bond donors (Lipinski definition) is 1. The normalized spacial score (nSPS) is 21.3. The van der Waals surface area contributed by atoms with Crippen molar-refractivity contribution < 1.29 is 12.8 Å². The monoisotopic (exact) mass is 272 g/mol. The lowest BCUT2D eigenvalue weighted by molar-refractivity contribution is 0.379. The Balaban J connectivity index is 2.27. The quantitative estimate of drug-likeness (QED) is 0.896. The average molecular weight is 272 g/mol. The number of benzene rings is 1. The number of halogens is 1. The van der Waals surface area contributed by atoms with E-state index in [1.54, 1.807) is 7.05 Å². The molecule has 1 fully saturated rings. The molecule has 1 unspecified atom stereocenters. The van der Waals surface area contributed by atoms with Crippen LogP contribution in [0.3, 0.4) is 0 Å². The van der Waals surface area contributed by atoms with Crippen molar-refractivity contribution in [1.82, 2.24) is 9.62 Å². The van der Waals surface area contributed by atoms with Crippen molar-refractivity contribution in [3.8, 4) is 0 Å². The van der Waals surface area contributed by atoms with Gasteiger partial charge in [0.05, 0.1) is 4.90 Å². The Bertz CT molecular complexity index is 501. The zero-order valence-electron chi connectivity index (χ0n) is 10.3. The van der Waals surface area contributed by atoms with Crippen LogP contribution in [0.1, 0.15) is 12.8 Å². The van der Waals surface area contributed by atoms with Gasteiger partial charge >= 0.3 is 0 Å². The first-order valence-electron chi connectivity index (χ1n) is 5.97. The minimum atomic E-state index is -3.50. The van der Waals surface area contributed by atoms with Crippen LogP contribution in [0.5, 0.6) is 0 Å². The van der Waals surface area contributed by atoms with Gasteiger partial charge in [-0.1, -0.05) is 0 Å². The van der Waals surface area contributed by atoms with Gasteiger partial charge in [0.1, 0.15) is 5.82 Å². The molecule has 2 rings (SSSR count). The highest BCUT2D eigenvalue weighted by atomic mass is 32.2. The summed E-state index contributed by atoms with van der Waals surface area (Å²) < 4.78 is 39.2. The van der Waals surface area contributed by atoms with E-state index in [-0.39, 0.29) is 10.9 Å². The maximum absolute atomic E-state index is 12.8. The van der Waals surface area contributed by atoms with Crippen LogP contribution in [0.2, 0.25) is 0 Å². The molecule has 1 N–H and O–H groups in total. The molecule has 0 aliphatic carbocycles. The van der Waals surface area contributed by atoms with Crippen LogP contribution in [0, 0.1) is 5.82 Å². The van der Waals surface area contributed by atoms with Crippen molar-refractivity contribution in [2.45, 2.75) is 23.8 Å². The molecule has 100 valence electrons. The molecular formula is C12H17FN2O2S. The highest BCUT2D eigenvalue weighted by Crippen LogP contribution is 2.25. The number of nitrogens with zero attached hydrogens (tertiary/aromatic N) is 1. The minimum Gasteiger partial charge on any atom is -0.318 e. The molecule has 0 spiro atoms. The van der Waals surface area contributed by atoms with E-state index in [1.807, 2.05) is 0 Å². The maximum atomic E-state index is 12.8. The van der Waals surface area contributed by atoms with Crippen molar-refractivity contribution in [3.05, 3.63) is 30.1 Å². The number of sulfonamides is 1. The number of rotatable bonds is 4. The first kappa shape index (κ1) is 13.5. The van der Waals surface area contributed by atoms with E-state index < -0.39 is 15.8 Å². The number of likely N-dealkylation sites (N-methyl/N-ethyl adjacent to an activating group) is 1. The van der Waals surface area contributed by atoms with Gasteiger partial charge in [-0.15, -0.1) is 0 Å². The van der Waals surface area contributed by atoms with Gasteiger partial charge in [0.2, 0.25) is 10.0 Å². The second kappa shape index (κ2) is 5.34. The van der Waals surface area contributed by atoms with Gasteiger partial charge in [-0.05, 0) is 44.2 Å². The first-order chi connectivity index (χ1) is 8.55. The van der Waals surface area contributed by atoms with E-state index in [0.29, 0.717) is 13.1 Å². The van der Waals surface area contributed by atoms with Gasteiger partial charge < -0.3 is 5.32 Å². The van der Waals surface area contributed by atoms with Gasteiger partial charge in [0.25, 0.3) is 0 Å². The smallest absolute Gasteiger partial charge is 0.243 e. The molecule has 0 radical (unpaired) electrons. The van der Waals surface area contributed by atoms with E-state index in [1.165, 1.54) is 28.6 Å². The number of hydrogen-bond acceptors (Lipinski definition) is 3. The van der Waals surface area contributed by atoms with Gasteiger partial charge in [0, 0.05) is 19.1 Å². The molecule has 1 aromatic rings. The summed E-state index contributed by atoms with van der Waals surface area (Å²) in [6.07, 6.45) is 1.73. The molecule has 6 heteroatoms. The standard InChI is InChI=1S/C12H17FN2O2S/c1-14-9-11-3-2-8-15(11)18(16,17)12-6-4-10(13)5-7-12/h4-7,11,14H,2-3,8-9H2,1H3. The predicted molar refractivity (Wildman–Crippen MR) is 67.2 cm³/mol. The van der Waals surface area contributed by atoms with Gasteiger partial charge in [-0.25, -0.2) is 12.8 Å². The summed E-state index contributed by atoms with van der Waals surface area (Å²) in [5.41, 5.74) is 0. The van der Waals surface area contributed by atoms with Crippen molar-refractivity contribution in [2.75, 3.05) is 20.1 Å². The molecule has 1 heterocycles. The summed E-state index contributed by atoms with van der Waals surface area (Å²) in [7, 11) is -1.69. The molecule has 0 saturated carbocycles. The Morgan fingerprint density at radius 3 is 2.67 bits per heavy atom. The topological polar surface area (TPSA) is 49.4 Å². The van der Waals surface area contributed by atoms with Crippen LogP contribution in [0.15, 0.2) is 29.2 Å². The van der Waals surface area contributed by atoms with Crippen LogP contribution < -0.4 is 5.32 Å². The fraction of sp³-hybridized carbons (Fsp3) is 0.500.